The normalized spacial score (nSPS) is 12.4. The second kappa shape index (κ2) is 9.78. The van der Waals surface area contributed by atoms with Crippen molar-refractivity contribution in [2.45, 2.75) is 33.5 Å². The summed E-state index contributed by atoms with van der Waals surface area (Å²) in [6.07, 6.45) is 1.77. The first-order chi connectivity index (χ1) is 14.1. The monoisotopic (exact) mass is 426 g/mol. The fraction of sp³-hybridized carbons (Fsp3) is 0.304. The molecule has 0 aliphatic carbocycles. The number of nitrogens with zero attached hydrogens (tertiary/aromatic N) is 2. The van der Waals surface area contributed by atoms with Crippen molar-refractivity contribution < 1.29 is 9.53 Å². The van der Waals surface area contributed by atoms with E-state index in [2.05, 4.69) is 47.8 Å². The lowest BCUT2D eigenvalue weighted by Crippen LogP contribution is -2.24. The first-order valence-corrected chi connectivity index (χ1v) is 9.97. The third-order valence-electron chi connectivity index (χ3n) is 4.84. The van der Waals surface area contributed by atoms with Gasteiger partial charge < -0.3 is 15.4 Å². The standard InChI is InChI=1S/C23H26N4O2.ClH/c1-16(2)15-29-21-14-27(20-6-4-3-5-7-20)26-22(21)23(28)25-11-17-8-9-18-12-24-13-19(18)10-17;/h3-10,14,16,24H,11-13,15H2,1-2H3,(H,25,28);1H. The molecule has 30 heavy (non-hydrogen) atoms. The van der Waals surface area contributed by atoms with Gasteiger partial charge in [0.1, 0.15) is 0 Å². The van der Waals surface area contributed by atoms with Crippen LogP contribution in [0.2, 0.25) is 0 Å². The van der Waals surface area contributed by atoms with Crippen LogP contribution in [0, 0.1) is 5.92 Å². The molecule has 0 saturated carbocycles. The van der Waals surface area contributed by atoms with Crippen LogP contribution in [0.5, 0.6) is 5.75 Å². The molecule has 2 heterocycles. The number of carbonyl (C=O) groups is 1. The predicted octanol–water partition coefficient (Wildman–Crippen LogP) is 3.86. The lowest BCUT2D eigenvalue weighted by Gasteiger charge is -2.09. The van der Waals surface area contributed by atoms with E-state index in [1.165, 1.54) is 11.1 Å². The van der Waals surface area contributed by atoms with E-state index in [1.54, 1.807) is 10.9 Å². The maximum Gasteiger partial charge on any atom is 0.275 e. The van der Waals surface area contributed by atoms with Gasteiger partial charge in [0, 0.05) is 19.6 Å². The van der Waals surface area contributed by atoms with Gasteiger partial charge in [0.05, 0.1) is 18.5 Å². The summed E-state index contributed by atoms with van der Waals surface area (Å²) in [6.45, 7) is 6.92. The zero-order valence-corrected chi connectivity index (χ0v) is 18.0. The van der Waals surface area contributed by atoms with Crippen LogP contribution in [0.4, 0.5) is 0 Å². The molecule has 1 aliphatic rings. The fourth-order valence-corrected chi connectivity index (χ4v) is 3.31. The van der Waals surface area contributed by atoms with E-state index < -0.39 is 0 Å². The van der Waals surface area contributed by atoms with Crippen molar-refractivity contribution >= 4 is 18.3 Å². The van der Waals surface area contributed by atoms with Gasteiger partial charge in [-0.3, -0.25) is 4.79 Å². The molecule has 4 rings (SSSR count). The molecule has 2 N–H and O–H groups in total. The Morgan fingerprint density at radius 3 is 2.70 bits per heavy atom. The second-order valence-electron chi connectivity index (χ2n) is 7.72. The highest BCUT2D eigenvalue weighted by molar-refractivity contribution is 5.94. The molecule has 7 heteroatoms. The van der Waals surface area contributed by atoms with Crippen LogP contribution in [0.15, 0.2) is 54.7 Å². The zero-order chi connectivity index (χ0) is 20.2. The van der Waals surface area contributed by atoms with E-state index in [4.69, 9.17) is 4.74 Å². The van der Waals surface area contributed by atoms with E-state index in [0.29, 0.717) is 30.5 Å². The average Bonchev–Trinajstić information content (AvgIpc) is 3.37. The molecule has 1 amide bonds. The van der Waals surface area contributed by atoms with Crippen LogP contribution in [-0.4, -0.2) is 22.3 Å². The first kappa shape index (κ1) is 21.9. The minimum Gasteiger partial charge on any atom is -0.489 e. The number of ether oxygens (including phenoxy) is 1. The Balaban J connectivity index is 0.00000256. The average molecular weight is 427 g/mol. The van der Waals surface area contributed by atoms with Crippen LogP contribution in [-0.2, 0) is 19.6 Å². The third-order valence-corrected chi connectivity index (χ3v) is 4.84. The minimum absolute atomic E-state index is 0. The van der Waals surface area contributed by atoms with Crippen LogP contribution in [0.3, 0.4) is 0 Å². The Labute approximate surface area is 183 Å². The van der Waals surface area contributed by atoms with Gasteiger partial charge in [0.15, 0.2) is 11.4 Å². The summed E-state index contributed by atoms with van der Waals surface area (Å²) in [5.74, 6) is 0.612. The number of aromatic nitrogens is 2. The Morgan fingerprint density at radius 2 is 1.93 bits per heavy atom. The molecule has 1 aliphatic heterocycles. The topological polar surface area (TPSA) is 68.2 Å². The molecule has 0 radical (unpaired) electrons. The highest BCUT2D eigenvalue weighted by atomic mass is 35.5. The molecule has 0 fully saturated rings. The number of halogens is 1. The lowest BCUT2D eigenvalue weighted by molar-refractivity contribution is 0.0940. The van der Waals surface area contributed by atoms with E-state index in [9.17, 15) is 4.79 Å². The van der Waals surface area contributed by atoms with E-state index >= 15 is 0 Å². The van der Waals surface area contributed by atoms with Crippen molar-refractivity contribution in [2.24, 2.45) is 5.92 Å². The van der Waals surface area contributed by atoms with Crippen molar-refractivity contribution in [2.75, 3.05) is 6.61 Å². The molecule has 3 aromatic rings. The van der Waals surface area contributed by atoms with Crippen molar-refractivity contribution in [1.29, 1.82) is 0 Å². The van der Waals surface area contributed by atoms with Gasteiger partial charge in [-0.15, -0.1) is 12.4 Å². The largest absolute Gasteiger partial charge is 0.489 e. The lowest BCUT2D eigenvalue weighted by atomic mass is 10.1. The van der Waals surface area contributed by atoms with Crippen molar-refractivity contribution in [1.82, 2.24) is 20.4 Å². The third kappa shape index (κ3) is 5.01. The number of fused-ring (bicyclic) bond motifs is 1. The number of amides is 1. The molecule has 2 aromatic carbocycles. The maximum atomic E-state index is 12.9. The minimum atomic E-state index is -0.239. The van der Waals surface area contributed by atoms with E-state index in [1.807, 2.05) is 30.3 Å². The van der Waals surface area contributed by atoms with Crippen LogP contribution >= 0.6 is 12.4 Å². The summed E-state index contributed by atoms with van der Waals surface area (Å²) < 4.78 is 7.57. The van der Waals surface area contributed by atoms with E-state index in [0.717, 1.165) is 24.3 Å². The van der Waals surface area contributed by atoms with Gasteiger partial charge in [-0.25, -0.2) is 4.68 Å². The number of nitrogens with one attached hydrogen (secondary N) is 2. The zero-order valence-electron chi connectivity index (χ0n) is 17.2. The van der Waals surface area contributed by atoms with Gasteiger partial charge >= 0.3 is 0 Å². The quantitative estimate of drug-likeness (QED) is 0.602. The molecule has 0 spiro atoms. The molecule has 0 bridgehead atoms. The van der Waals surface area contributed by atoms with Crippen LogP contribution in [0.25, 0.3) is 5.69 Å². The Bertz CT molecular complexity index is 1000. The molecule has 0 atom stereocenters. The number of rotatable bonds is 7. The summed E-state index contributed by atoms with van der Waals surface area (Å²) in [5, 5.41) is 10.8. The number of carbonyl (C=O) groups excluding carboxylic acids is 1. The number of para-hydroxylation sites is 1. The van der Waals surface area contributed by atoms with Gasteiger partial charge in [-0.05, 0) is 34.7 Å². The van der Waals surface area contributed by atoms with E-state index in [-0.39, 0.29) is 18.3 Å². The summed E-state index contributed by atoms with van der Waals surface area (Å²) in [7, 11) is 0. The fourth-order valence-electron chi connectivity index (χ4n) is 3.31. The highest BCUT2D eigenvalue weighted by Crippen LogP contribution is 2.21. The van der Waals surface area contributed by atoms with Gasteiger partial charge in [-0.2, -0.15) is 5.10 Å². The molecule has 158 valence electrons. The van der Waals surface area contributed by atoms with Gasteiger partial charge in [0.2, 0.25) is 0 Å². The SMILES string of the molecule is CC(C)COc1cn(-c2ccccc2)nc1C(=O)NCc1ccc2c(c1)CNC2.Cl. The molecular weight excluding hydrogens is 400 g/mol. The Kier molecular flexibility index (Phi) is 7.13. The molecule has 6 nitrogen and oxygen atoms in total. The van der Waals surface area contributed by atoms with Gasteiger partial charge in [-0.1, -0.05) is 50.2 Å². The Hall–Kier alpha value is -2.83. The number of benzene rings is 2. The second-order valence-corrected chi connectivity index (χ2v) is 7.72. The Morgan fingerprint density at radius 1 is 1.17 bits per heavy atom. The van der Waals surface area contributed by atoms with Crippen molar-refractivity contribution in [3.05, 3.63) is 77.1 Å². The van der Waals surface area contributed by atoms with Gasteiger partial charge in [0.25, 0.3) is 5.91 Å². The summed E-state index contributed by atoms with van der Waals surface area (Å²) >= 11 is 0. The van der Waals surface area contributed by atoms with Crippen molar-refractivity contribution in [3.63, 3.8) is 0 Å². The predicted molar refractivity (Wildman–Crippen MR) is 119 cm³/mol. The van der Waals surface area contributed by atoms with Crippen molar-refractivity contribution in [3.8, 4) is 11.4 Å². The highest BCUT2D eigenvalue weighted by Gasteiger charge is 2.19. The maximum absolute atomic E-state index is 12.9. The first-order valence-electron chi connectivity index (χ1n) is 9.97. The summed E-state index contributed by atoms with van der Waals surface area (Å²) in [5.41, 5.74) is 4.88. The smallest absolute Gasteiger partial charge is 0.275 e. The van der Waals surface area contributed by atoms with Crippen LogP contribution in [0.1, 0.15) is 41.0 Å². The number of hydrogen-bond acceptors (Lipinski definition) is 4. The summed E-state index contributed by atoms with van der Waals surface area (Å²) in [4.78, 5) is 12.9. The molecular formula is C23H27ClN4O2. The summed E-state index contributed by atoms with van der Waals surface area (Å²) in [6, 6.07) is 16.0. The molecule has 0 unspecified atom stereocenters. The van der Waals surface area contributed by atoms with Crippen LogP contribution < -0.4 is 15.4 Å². The molecule has 1 aromatic heterocycles. The number of hydrogen-bond donors (Lipinski definition) is 2. The molecule has 0 saturated heterocycles.